The van der Waals surface area contributed by atoms with Crippen LogP contribution in [0, 0.1) is 5.41 Å². The topological polar surface area (TPSA) is 34.1 Å². The first-order valence-corrected chi connectivity index (χ1v) is 6.74. The minimum absolute atomic E-state index is 0.106. The highest BCUT2D eigenvalue weighted by atomic mass is 79.9. The summed E-state index contributed by atoms with van der Waals surface area (Å²) >= 11 is 3.35. The van der Waals surface area contributed by atoms with E-state index < -0.39 is 9.84 Å². The fraction of sp³-hybridized carbons (Fsp3) is 1.00. The van der Waals surface area contributed by atoms with Crippen molar-refractivity contribution in [1.82, 2.24) is 0 Å². The summed E-state index contributed by atoms with van der Waals surface area (Å²) < 4.78 is 22.4. The van der Waals surface area contributed by atoms with E-state index in [0.717, 1.165) is 18.2 Å². The molecule has 0 saturated heterocycles. The van der Waals surface area contributed by atoms with Gasteiger partial charge in [-0.05, 0) is 18.3 Å². The molecule has 0 aromatic carbocycles. The fourth-order valence-electron chi connectivity index (χ4n) is 1.06. The zero-order valence-corrected chi connectivity index (χ0v) is 9.04. The van der Waals surface area contributed by atoms with Gasteiger partial charge < -0.3 is 0 Å². The van der Waals surface area contributed by atoms with Crippen LogP contribution in [0.5, 0.6) is 0 Å². The number of hydrogen-bond acceptors (Lipinski definition) is 2. The van der Waals surface area contributed by atoms with E-state index in [1.54, 1.807) is 6.92 Å². The molecule has 0 aromatic rings. The van der Waals surface area contributed by atoms with Crippen LogP contribution in [-0.2, 0) is 9.84 Å². The highest BCUT2D eigenvalue weighted by Crippen LogP contribution is 2.48. The van der Waals surface area contributed by atoms with Crippen molar-refractivity contribution in [2.45, 2.75) is 19.8 Å². The van der Waals surface area contributed by atoms with Gasteiger partial charge in [0.05, 0.1) is 5.75 Å². The highest BCUT2D eigenvalue weighted by Gasteiger charge is 2.44. The van der Waals surface area contributed by atoms with Crippen molar-refractivity contribution >= 4 is 25.8 Å². The molecule has 0 amide bonds. The maximum Gasteiger partial charge on any atom is 0.150 e. The highest BCUT2D eigenvalue weighted by molar-refractivity contribution is 9.09. The standard InChI is InChI=1S/C7H13BrO2S/c1-2-11(9,10)6-7(5-8)3-4-7/h2-6H2,1H3. The number of sulfone groups is 1. The Hall–Kier alpha value is 0.430. The van der Waals surface area contributed by atoms with E-state index in [1.165, 1.54) is 0 Å². The predicted octanol–water partition coefficient (Wildman–Crippen LogP) is 1.60. The number of halogens is 1. The molecular weight excluding hydrogens is 228 g/mol. The predicted molar refractivity (Wildman–Crippen MR) is 49.8 cm³/mol. The fourth-order valence-corrected chi connectivity index (χ4v) is 3.61. The molecule has 1 rings (SSSR count). The molecule has 0 atom stereocenters. The maximum atomic E-state index is 11.2. The monoisotopic (exact) mass is 240 g/mol. The second-order valence-corrected chi connectivity index (χ2v) is 6.22. The minimum Gasteiger partial charge on any atom is -0.229 e. The van der Waals surface area contributed by atoms with Gasteiger partial charge in [0.1, 0.15) is 0 Å². The van der Waals surface area contributed by atoms with Gasteiger partial charge in [-0.3, -0.25) is 0 Å². The first-order valence-electron chi connectivity index (χ1n) is 3.80. The van der Waals surface area contributed by atoms with Crippen molar-refractivity contribution in [1.29, 1.82) is 0 Å². The van der Waals surface area contributed by atoms with Crippen LogP contribution in [0.15, 0.2) is 0 Å². The molecule has 1 fully saturated rings. The molecule has 0 spiro atoms. The molecule has 1 aliphatic rings. The van der Waals surface area contributed by atoms with Gasteiger partial charge in [-0.15, -0.1) is 0 Å². The van der Waals surface area contributed by atoms with E-state index in [-0.39, 0.29) is 11.2 Å². The van der Waals surface area contributed by atoms with Gasteiger partial charge in [0.2, 0.25) is 0 Å². The van der Waals surface area contributed by atoms with Gasteiger partial charge in [-0.25, -0.2) is 8.42 Å². The Kier molecular flexibility index (Phi) is 2.64. The lowest BCUT2D eigenvalue weighted by Crippen LogP contribution is -2.19. The molecule has 0 unspecified atom stereocenters. The van der Waals surface area contributed by atoms with E-state index in [1.807, 2.05) is 0 Å². The van der Waals surface area contributed by atoms with Crippen LogP contribution in [0.3, 0.4) is 0 Å². The lowest BCUT2D eigenvalue weighted by Gasteiger charge is -2.09. The Balaban J connectivity index is 2.55. The van der Waals surface area contributed by atoms with Crippen molar-refractivity contribution in [2.24, 2.45) is 5.41 Å². The molecule has 1 aliphatic carbocycles. The molecule has 4 heteroatoms. The molecule has 1 saturated carbocycles. The van der Waals surface area contributed by atoms with E-state index >= 15 is 0 Å². The average Bonchev–Trinajstić information content (AvgIpc) is 2.69. The summed E-state index contributed by atoms with van der Waals surface area (Å²) in [6.07, 6.45) is 2.13. The maximum absolute atomic E-state index is 11.2. The number of alkyl halides is 1. The molecule has 0 N–H and O–H groups in total. The van der Waals surface area contributed by atoms with Crippen LogP contribution in [0.4, 0.5) is 0 Å². The summed E-state index contributed by atoms with van der Waals surface area (Å²) in [6, 6.07) is 0. The first-order chi connectivity index (χ1) is 5.04. The lowest BCUT2D eigenvalue weighted by atomic mass is 10.2. The zero-order valence-electron chi connectivity index (χ0n) is 6.64. The van der Waals surface area contributed by atoms with Crippen molar-refractivity contribution in [3.63, 3.8) is 0 Å². The quantitative estimate of drug-likeness (QED) is 0.700. The normalized spacial score (nSPS) is 21.6. The first kappa shape index (κ1) is 9.52. The second kappa shape index (κ2) is 3.05. The Labute approximate surface area is 76.4 Å². The van der Waals surface area contributed by atoms with E-state index in [2.05, 4.69) is 15.9 Å². The van der Waals surface area contributed by atoms with Crippen molar-refractivity contribution in [2.75, 3.05) is 16.8 Å². The Morgan fingerprint density at radius 2 is 2.00 bits per heavy atom. The van der Waals surface area contributed by atoms with Crippen LogP contribution >= 0.6 is 15.9 Å². The molecule has 0 aliphatic heterocycles. The third-order valence-electron chi connectivity index (χ3n) is 2.21. The van der Waals surface area contributed by atoms with E-state index in [4.69, 9.17) is 0 Å². The second-order valence-electron chi connectivity index (χ2n) is 3.31. The van der Waals surface area contributed by atoms with Gasteiger partial charge in [-0.2, -0.15) is 0 Å². The summed E-state index contributed by atoms with van der Waals surface area (Å²) in [7, 11) is -2.76. The van der Waals surface area contributed by atoms with Crippen molar-refractivity contribution in [3.8, 4) is 0 Å². The molecule has 2 nitrogen and oxygen atoms in total. The molecule has 0 radical (unpaired) electrons. The Morgan fingerprint density at radius 3 is 2.27 bits per heavy atom. The minimum atomic E-state index is -2.76. The van der Waals surface area contributed by atoms with Gasteiger partial charge in [0.25, 0.3) is 0 Å². The molecule has 0 bridgehead atoms. The summed E-state index contributed by atoms with van der Waals surface area (Å²) in [4.78, 5) is 0. The summed E-state index contributed by atoms with van der Waals surface area (Å²) in [6.45, 7) is 1.71. The lowest BCUT2D eigenvalue weighted by molar-refractivity contribution is 0.573. The summed E-state index contributed by atoms with van der Waals surface area (Å²) in [5.41, 5.74) is 0.106. The number of hydrogen-bond donors (Lipinski definition) is 0. The van der Waals surface area contributed by atoms with Gasteiger partial charge in [0.15, 0.2) is 9.84 Å². The zero-order chi connectivity index (χ0) is 8.54. The third kappa shape index (κ3) is 2.44. The van der Waals surface area contributed by atoms with E-state index in [0.29, 0.717) is 5.75 Å². The Bertz CT molecular complexity index is 229. The van der Waals surface area contributed by atoms with E-state index in [9.17, 15) is 8.42 Å². The molecular formula is C7H13BrO2S. The van der Waals surface area contributed by atoms with Gasteiger partial charge in [0, 0.05) is 11.1 Å². The molecule has 0 aromatic heterocycles. The molecule has 11 heavy (non-hydrogen) atoms. The molecule has 66 valence electrons. The third-order valence-corrected chi connectivity index (χ3v) is 5.33. The van der Waals surface area contributed by atoms with Gasteiger partial charge >= 0.3 is 0 Å². The summed E-state index contributed by atoms with van der Waals surface area (Å²) in [5, 5.41) is 0.833. The largest absolute Gasteiger partial charge is 0.229 e. The molecule has 0 heterocycles. The van der Waals surface area contributed by atoms with Gasteiger partial charge in [-0.1, -0.05) is 22.9 Å². The smallest absolute Gasteiger partial charge is 0.150 e. The SMILES string of the molecule is CCS(=O)(=O)CC1(CBr)CC1. The van der Waals surface area contributed by atoms with Crippen LogP contribution in [-0.4, -0.2) is 25.3 Å². The van der Waals surface area contributed by atoms with Crippen LogP contribution in [0.25, 0.3) is 0 Å². The van der Waals surface area contributed by atoms with Crippen LogP contribution in [0.2, 0.25) is 0 Å². The van der Waals surface area contributed by atoms with Crippen LogP contribution < -0.4 is 0 Å². The number of rotatable bonds is 4. The van der Waals surface area contributed by atoms with Crippen molar-refractivity contribution in [3.05, 3.63) is 0 Å². The Morgan fingerprint density at radius 1 is 1.45 bits per heavy atom. The van der Waals surface area contributed by atoms with Crippen LogP contribution in [0.1, 0.15) is 19.8 Å². The van der Waals surface area contributed by atoms with Crippen molar-refractivity contribution < 1.29 is 8.42 Å². The summed E-state index contributed by atoms with van der Waals surface area (Å²) in [5.74, 6) is 0.656. The average molecular weight is 241 g/mol.